The number of aryl methyl sites for hydroxylation is 1. The molecule has 0 bridgehead atoms. The van der Waals surface area contributed by atoms with Crippen LogP contribution in [0.2, 0.25) is 5.28 Å². The van der Waals surface area contributed by atoms with Crippen LogP contribution in [0.1, 0.15) is 5.69 Å². The van der Waals surface area contributed by atoms with E-state index in [1.807, 2.05) is 0 Å². The molecule has 0 spiro atoms. The minimum absolute atomic E-state index is 0.118. The van der Waals surface area contributed by atoms with Crippen LogP contribution >= 0.6 is 24.4 Å². The van der Waals surface area contributed by atoms with Crippen molar-refractivity contribution >= 4 is 36.1 Å². The number of halogens is 1. The zero-order chi connectivity index (χ0) is 10.0. The van der Waals surface area contributed by atoms with Gasteiger partial charge in [-0.3, -0.25) is 0 Å². The molecule has 1 aromatic heterocycles. The fourth-order valence-corrected chi connectivity index (χ4v) is 1.13. The van der Waals surface area contributed by atoms with Crippen molar-refractivity contribution in [1.29, 1.82) is 0 Å². The normalized spacial score (nSPS) is 9.77. The van der Waals surface area contributed by atoms with E-state index in [1.54, 1.807) is 6.92 Å². The van der Waals surface area contributed by atoms with Crippen molar-refractivity contribution in [2.75, 3.05) is 4.31 Å². The molecule has 1 heterocycles. The Bertz CT molecular complexity index is 345. The number of aromatic nitrogens is 2. The number of hydrogen-bond acceptors (Lipinski definition) is 4. The molecule has 0 aromatic carbocycles. The zero-order valence-electron chi connectivity index (χ0n) is 6.73. The number of nitrogens with two attached hydrogens (primary N) is 1. The number of urea groups is 1. The summed E-state index contributed by atoms with van der Waals surface area (Å²) in [6, 6.07) is -0.697. The Labute approximate surface area is 85.5 Å². The number of nitrogens with zero attached hydrogens (tertiary/aromatic N) is 3. The first-order valence-corrected chi connectivity index (χ1v) is 4.07. The highest BCUT2D eigenvalue weighted by atomic mass is 35.5. The fraction of sp³-hybridized carbons (Fsp3) is 0.167. The first-order valence-electron chi connectivity index (χ1n) is 3.30. The highest BCUT2D eigenvalue weighted by Gasteiger charge is 2.12. The van der Waals surface area contributed by atoms with Gasteiger partial charge in [-0.2, -0.15) is 0 Å². The van der Waals surface area contributed by atoms with Gasteiger partial charge in [0.2, 0.25) is 5.28 Å². The summed E-state index contributed by atoms with van der Waals surface area (Å²) in [6.07, 6.45) is 1.38. The van der Waals surface area contributed by atoms with Gasteiger partial charge in [0, 0.05) is 0 Å². The minimum atomic E-state index is -0.697. The lowest BCUT2D eigenvalue weighted by atomic mass is 10.4. The Morgan fingerprint density at radius 1 is 1.77 bits per heavy atom. The van der Waals surface area contributed by atoms with Crippen molar-refractivity contribution in [3.8, 4) is 0 Å². The molecule has 0 aliphatic carbocycles. The average Bonchev–Trinajstić information content (AvgIpc) is 2.03. The van der Waals surface area contributed by atoms with Gasteiger partial charge in [0.1, 0.15) is 0 Å². The third-order valence-corrected chi connectivity index (χ3v) is 1.96. The molecule has 0 aliphatic rings. The molecule has 1 aromatic rings. The topological polar surface area (TPSA) is 72.1 Å². The summed E-state index contributed by atoms with van der Waals surface area (Å²) in [7, 11) is 0. The molecule has 0 unspecified atom stereocenters. The van der Waals surface area contributed by atoms with Gasteiger partial charge in [0.25, 0.3) is 0 Å². The lowest BCUT2D eigenvalue weighted by Gasteiger charge is -2.13. The van der Waals surface area contributed by atoms with E-state index in [-0.39, 0.29) is 5.28 Å². The summed E-state index contributed by atoms with van der Waals surface area (Å²) >= 11 is 9.37. The quantitative estimate of drug-likeness (QED) is 0.549. The van der Waals surface area contributed by atoms with Crippen molar-refractivity contribution in [3.05, 3.63) is 17.2 Å². The van der Waals surface area contributed by atoms with Crippen LogP contribution in [0.5, 0.6) is 0 Å². The molecule has 7 heteroatoms. The van der Waals surface area contributed by atoms with Gasteiger partial charge in [0.05, 0.1) is 17.6 Å². The molecular formula is C6H7ClN4OS. The number of amides is 2. The second-order valence-corrected chi connectivity index (χ2v) is 3.00. The average molecular weight is 219 g/mol. The molecule has 70 valence electrons. The molecule has 0 saturated heterocycles. The molecule has 0 atom stereocenters. The van der Waals surface area contributed by atoms with Crippen LogP contribution in [0, 0.1) is 6.92 Å². The van der Waals surface area contributed by atoms with Crippen LogP contribution in [0.3, 0.4) is 0 Å². The van der Waals surface area contributed by atoms with Crippen LogP contribution in [0.25, 0.3) is 0 Å². The van der Waals surface area contributed by atoms with Crippen LogP contribution in [0.4, 0.5) is 10.5 Å². The number of rotatable bonds is 1. The van der Waals surface area contributed by atoms with Crippen molar-refractivity contribution in [1.82, 2.24) is 9.97 Å². The van der Waals surface area contributed by atoms with Crippen molar-refractivity contribution in [2.45, 2.75) is 6.92 Å². The Morgan fingerprint density at radius 3 is 2.85 bits per heavy atom. The first-order chi connectivity index (χ1) is 6.02. The van der Waals surface area contributed by atoms with Crippen molar-refractivity contribution in [2.24, 2.45) is 5.73 Å². The summed E-state index contributed by atoms with van der Waals surface area (Å²) < 4.78 is 0.950. The molecule has 2 amide bonds. The summed E-state index contributed by atoms with van der Waals surface area (Å²) in [6.45, 7) is 1.68. The maximum atomic E-state index is 10.7. The molecule has 5 nitrogen and oxygen atoms in total. The van der Waals surface area contributed by atoms with E-state index < -0.39 is 6.03 Å². The van der Waals surface area contributed by atoms with E-state index in [9.17, 15) is 4.79 Å². The molecule has 13 heavy (non-hydrogen) atoms. The van der Waals surface area contributed by atoms with Crippen molar-refractivity contribution < 1.29 is 4.79 Å². The van der Waals surface area contributed by atoms with Gasteiger partial charge in [-0.05, 0) is 18.5 Å². The van der Waals surface area contributed by atoms with Gasteiger partial charge < -0.3 is 5.73 Å². The van der Waals surface area contributed by atoms with Gasteiger partial charge in [-0.25, -0.2) is 19.1 Å². The molecule has 0 radical (unpaired) electrons. The molecule has 2 N–H and O–H groups in total. The molecule has 1 rings (SSSR count). The highest BCUT2D eigenvalue weighted by Crippen LogP contribution is 2.19. The minimum Gasteiger partial charge on any atom is -0.350 e. The van der Waals surface area contributed by atoms with E-state index in [2.05, 4.69) is 22.8 Å². The second kappa shape index (κ2) is 3.80. The Hall–Kier alpha value is -1.01. The van der Waals surface area contributed by atoms with Gasteiger partial charge in [-0.15, -0.1) is 0 Å². The number of thiol groups is 1. The van der Waals surface area contributed by atoms with Crippen LogP contribution in [0.15, 0.2) is 6.20 Å². The summed E-state index contributed by atoms with van der Waals surface area (Å²) in [4.78, 5) is 18.3. The predicted molar refractivity (Wildman–Crippen MR) is 52.8 cm³/mol. The lowest BCUT2D eigenvalue weighted by molar-refractivity contribution is 0.257. The van der Waals surface area contributed by atoms with E-state index in [0.717, 1.165) is 4.31 Å². The van der Waals surface area contributed by atoms with E-state index in [0.29, 0.717) is 11.4 Å². The number of anilines is 1. The number of hydrogen-bond donors (Lipinski definition) is 2. The van der Waals surface area contributed by atoms with Crippen LogP contribution < -0.4 is 10.0 Å². The molecular weight excluding hydrogens is 212 g/mol. The van der Waals surface area contributed by atoms with E-state index >= 15 is 0 Å². The second-order valence-electron chi connectivity index (χ2n) is 2.26. The third kappa shape index (κ3) is 2.22. The third-order valence-electron chi connectivity index (χ3n) is 1.36. The maximum absolute atomic E-state index is 10.7. The number of carbonyl (C=O) groups is 1. The first kappa shape index (κ1) is 10.1. The Morgan fingerprint density at radius 2 is 2.38 bits per heavy atom. The fourth-order valence-electron chi connectivity index (χ4n) is 0.759. The molecule has 0 fully saturated rings. The Balaban J connectivity index is 3.08. The van der Waals surface area contributed by atoms with Gasteiger partial charge in [-0.1, -0.05) is 12.8 Å². The van der Waals surface area contributed by atoms with E-state index in [1.165, 1.54) is 6.20 Å². The van der Waals surface area contributed by atoms with E-state index in [4.69, 9.17) is 17.3 Å². The lowest BCUT2D eigenvalue weighted by Crippen LogP contribution is -2.28. The molecule has 0 aliphatic heterocycles. The zero-order valence-corrected chi connectivity index (χ0v) is 8.38. The summed E-state index contributed by atoms with van der Waals surface area (Å²) in [5, 5.41) is 0.118. The van der Waals surface area contributed by atoms with Gasteiger partial charge >= 0.3 is 6.03 Å². The number of carbonyl (C=O) groups excluding carboxylic acids is 1. The maximum Gasteiger partial charge on any atom is 0.329 e. The van der Waals surface area contributed by atoms with Gasteiger partial charge in [0.15, 0.2) is 0 Å². The SMILES string of the molecule is Cc1nc(Cl)ncc1N(S)C(N)=O. The molecule has 0 saturated carbocycles. The summed E-state index contributed by atoms with van der Waals surface area (Å²) in [5.74, 6) is 0. The predicted octanol–water partition coefficient (Wildman–Crippen LogP) is 1.17. The number of primary amides is 1. The monoisotopic (exact) mass is 218 g/mol. The smallest absolute Gasteiger partial charge is 0.329 e. The van der Waals surface area contributed by atoms with Crippen LogP contribution in [-0.2, 0) is 0 Å². The van der Waals surface area contributed by atoms with Crippen LogP contribution in [-0.4, -0.2) is 16.0 Å². The Kier molecular flexibility index (Phi) is 2.94. The highest BCUT2D eigenvalue weighted by molar-refractivity contribution is 7.82. The largest absolute Gasteiger partial charge is 0.350 e. The van der Waals surface area contributed by atoms with Crippen molar-refractivity contribution in [3.63, 3.8) is 0 Å². The standard InChI is InChI=1S/C6H7ClN4OS/c1-3-4(11(13)6(8)12)2-9-5(7)10-3/h2,13H,1H3,(H2,8,12). The summed E-state index contributed by atoms with van der Waals surface area (Å²) in [5.41, 5.74) is 5.95.